The van der Waals surface area contributed by atoms with Crippen LogP contribution in [0.3, 0.4) is 0 Å². The van der Waals surface area contributed by atoms with E-state index in [1.807, 2.05) is 43.3 Å². The van der Waals surface area contributed by atoms with Gasteiger partial charge in [0.1, 0.15) is 16.5 Å². The zero-order valence-corrected chi connectivity index (χ0v) is 14.3. The molecule has 2 aromatic carbocycles. The average molecular weight is 339 g/mol. The van der Waals surface area contributed by atoms with Crippen molar-refractivity contribution in [2.45, 2.75) is 20.3 Å². The van der Waals surface area contributed by atoms with Gasteiger partial charge in [-0.1, -0.05) is 17.7 Å². The second kappa shape index (κ2) is 6.84. The van der Waals surface area contributed by atoms with E-state index < -0.39 is 5.97 Å². The van der Waals surface area contributed by atoms with Gasteiger partial charge in [0.05, 0.1) is 12.1 Å². The number of thiazole rings is 1. The van der Waals surface area contributed by atoms with E-state index in [9.17, 15) is 4.79 Å². The molecule has 0 fully saturated rings. The Hall–Kier alpha value is -2.66. The van der Waals surface area contributed by atoms with Crippen LogP contribution < -0.4 is 4.74 Å². The number of rotatable bonds is 5. The van der Waals surface area contributed by atoms with Crippen molar-refractivity contribution in [2.75, 3.05) is 0 Å². The van der Waals surface area contributed by atoms with Crippen LogP contribution in [0.25, 0.3) is 10.6 Å². The first-order valence-electron chi connectivity index (χ1n) is 7.53. The van der Waals surface area contributed by atoms with Crippen LogP contribution in [0.5, 0.6) is 11.5 Å². The third-order valence-corrected chi connectivity index (χ3v) is 4.48. The lowest BCUT2D eigenvalue weighted by atomic mass is 10.1. The Labute approximate surface area is 144 Å². The van der Waals surface area contributed by atoms with E-state index in [1.54, 1.807) is 5.38 Å². The second-order valence-electron chi connectivity index (χ2n) is 5.61. The summed E-state index contributed by atoms with van der Waals surface area (Å²) in [5.74, 6) is 0.725. The minimum atomic E-state index is -0.871. The smallest absolute Gasteiger partial charge is 0.309 e. The molecule has 0 aliphatic rings. The summed E-state index contributed by atoms with van der Waals surface area (Å²) in [7, 11) is 0. The normalized spacial score (nSPS) is 10.6. The number of ether oxygens (including phenoxy) is 1. The summed E-state index contributed by atoms with van der Waals surface area (Å²) in [6.07, 6.45) is -0.0512. The van der Waals surface area contributed by atoms with Gasteiger partial charge in [-0.3, -0.25) is 4.79 Å². The molecule has 1 heterocycles. The largest absolute Gasteiger partial charge is 0.481 e. The number of carboxylic acid groups (broad SMARTS) is 1. The second-order valence-corrected chi connectivity index (χ2v) is 6.47. The van der Waals surface area contributed by atoms with Gasteiger partial charge in [-0.05, 0) is 49.7 Å². The zero-order valence-electron chi connectivity index (χ0n) is 13.4. The number of hydrogen-bond donors (Lipinski definition) is 1. The Morgan fingerprint density at radius 2 is 1.92 bits per heavy atom. The summed E-state index contributed by atoms with van der Waals surface area (Å²) in [5.41, 5.74) is 3.83. The Balaban J connectivity index is 1.75. The maximum absolute atomic E-state index is 10.7. The highest BCUT2D eigenvalue weighted by molar-refractivity contribution is 7.13. The predicted molar refractivity (Wildman–Crippen MR) is 94.9 cm³/mol. The van der Waals surface area contributed by atoms with Crippen molar-refractivity contribution >= 4 is 17.3 Å². The topological polar surface area (TPSA) is 59.4 Å². The summed E-state index contributed by atoms with van der Waals surface area (Å²) in [5, 5.41) is 11.4. The summed E-state index contributed by atoms with van der Waals surface area (Å²) in [4.78, 5) is 15.1. The van der Waals surface area contributed by atoms with Crippen LogP contribution in [0.1, 0.15) is 16.8 Å². The van der Waals surface area contributed by atoms with E-state index in [-0.39, 0.29) is 6.42 Å². The lowest BCUT2D eigenvalue weighted by Gasteiger charge is -2.09. The van der Waals surface area contributed by atoms with Crippen molar-refractivity contribution in [2.24, 2.45) is 0 Å². The van der Waals surface area contributed by atoms with Crippen LogP contribution in [0.15, 0.2) is 47.8 Å². The Morgan fingerprint density at radius 1 is 1.17 bits per heavy atom. The molecule has 4 nitrogen and oxygen atoms in total. The van der Waals surface area contributed by atoms with Crippen molar-refractivity contribution < 1.29 is 14.6 Å². The van der Waals surface area contributed by atoms with Crippen molar-refractivity contribution in [3.05, 3.63) is 64.7 Å². The fourth-order valence-corrected chi connectivity index (χ4v) is 3.21. The van der Waals surface area contributed by atoms with E-state index in [2.05, 4.69) is 18.0 Å². The molecule has 0 bridgehead atoms. The number of aliphatic carboxylic acids is 1. The minimum absolute atomic E-state index is 0.0512. The number of hydrogen-bond acceptors (Lipinski definition) is 4. The van der Waals surface area contributed by atoms with E-state index in [4.69, 9.17) is 9.84 Å². The predicted octanol–water partition coefficient (Wildman–Crippen LogP) is 4.85. The summed E-state index contributed by atoms with van der Waals surface area (Å²) in [6, 6.07) is 13.7. The molecule has 24 heavy (non-hydrogen) atoms. The number of aryl methyl sites for hydroxylation is 2. The maximum Gasteiger partial charge on any atom is 0.309 e. The first kappa shape index (κ1) is 16.2. The zero-order chi connectivity index (χ0) is 17.1. The SMILES string of the molecule is Cc1ccc(Oc2ccc(-c3nc(CC(=O)O)cs3)cc2)c(C)c1. The highest BCUT2D eigenvalue weighted by atomic mass is 32.1. The van der Waals surface area contributed by atoms with Gasteiger partial charge >= 0.3 is 5.97 Å². The molecule has 0 aliphatic heterocycles. The lowest BCUT2D eigenvalue weighted by Crippen LogP contribution is -1.99. The molecule has 1 aromatic heterocycles. The Kier molecular flexibility index (Phi) is 4.62. The standard InChI is InChI=1S/C19H17NO3S/c1-12-3-8-17(13(2)9-12)23-16-6-4-14(5-7-16)19-20-15(11-24-19)10-18(21)22/h3-9,11H,10H2,1-2H3,(H,21,22). The fourth-order valence-electron chi connectivity index (χ4n) is 2.38. The van der Waals surface area contributed by atoms with Crippen LogP contribution in [0.2, 0.25) is 0 Å². The molecular weight excluding hydrogens is 322 g/mol. The molecule has 3 rings (SSSR count). The third-order valence-electron chi connectivity index (χ3n) is 3.54. The van der Waals surface area contributed by atoms with Crippen molar-refractivity contribution in [3.63, 3.8) is 0 Å². The molecule has 0 radical (unpaired) electrons. The molecule has 0 amide bonds. The van der Waals surface area contributed by atoms with Crippen LogP contribution in [-0.4, -0.2) is 16.1 Å². The molecule has 0 saturated carbocycles. The highest BCUT2D eigenvalue weighted by Crippen LogP contribution is 2.29. The maximum atomic E-state index is 10.7. The van der Waals surface area contributed by atoms with E-state index in [0.29, 0.717) is 5.69 Å². The van der Waals surface area contributed by atoms with Crippen LogP contribution in [0.4, 0.5) is 0 Å². The first-order valence-corrected chi connectivity index (χ1v) is 8.41. The average Bonchev–Trinajstić information content (AvgIpc) is 2.98. The molecule has 0 spiro atoms. The van der Waals surface area contributed by atoms with Gasteiger partial charge in [0.15, 0.2) is 0 Å². The summed E-state index contributed by atoms with van der Waals surface area (Å²) >= 11 is 1.44. The summed E-state index contributed by atoms with van der Waals surface area (Å²) < 4.78 is 5.92. The molecule has 5 heteroatoms. The van der Waals surface area contributed by atoms with Crippen molar-refractivity contribution in [3.8, 4) is 22.1 Å². The van der Waals surface area contributed by atoms with E-state index >= 15 is 0 Å². The van der Waals surface area contributed by atoms with Gasteiger partial charge in [0.25, 0.3) is 0 Å². The van der Waals surface area contributed by atoms with E-state index in [0.717, 1.165) is 27.6 Å². The molecule has 0 aliphatic carbocycles. The van der Waals surface area contributed by atoms with Crippen LogP contribution >= 0.6 is 11.3 Å². The quantitative estimate of drug-likeness (QED) is 0.722. The monoisotopic (exact) mass is 339 g/mol. The number of carbonyl (C=O) groups is 1. The van der Waals surface area contributed by atoms with Gasteiger partial charge in [0, 0.05) is 10.9 Å². The molecule has 1 N–H and O–H groups in total. The minimum Gasteiger partial charge on any atom is -0.481 e. The van der Waals surface area contributed by atoms with Gasteiger partial charge in [-0.15, -0.1) is 11.3 Å². The molecular formula is C19H17NO3S. The molecule has 122 valence electrons. The lowest BCUT2D eigenvalue weighted by molar-refractivity contribution is -0.136. The van der Waals surface area contributed by atoms with E-state index in [1.165, 1.54) is 16.9 Å². The molecule has 0 saturated heterocycles. The Morgan fingerprint density at radius 3 is 2.58 bits per heavy atom. The Bertz CT molecular complexity index is 869. The summed E-state index contributed by atoms with van der Waals surface area (Å²) in [6.45, 7) is 4.08. The van der Waals surface area contributed by atoms with Gasteiger partial charge in [-0.25, -0.2) is 4.98 Å². The first-order chi connectivity index (χ1) is 11.5. The van der Waals surface area contributed by atoms with Crippen LogP contribution in [-0.2, 0) is 11.2 Å². The van der Waals surface area contributed by atoms with Gasteiger partial charge in [0.2, 0.25) is 0 Å². The van der Waals surface area contributed by atoms with Gasteiger partial charge < -0.3 is 9.84 Å². The fraction of sp³-hybridized carbons (Fsp3) is 0.158. The third kappa shape index (κ3) is 3.81. The number of benzene rings is 2. The number of carboxylic acids is 1. The number of aromatic nitrogens is 1. The highest BCUT2D eigenvalue weighted by Gasteiger charge is 2.08. The molecule has 3 aromatic rings. The van der Waals surface area contributed by atoms with Crippen LogP contribution in [0, 0.1) is 13.8 Å². The number of nitrogens with zero attached hydrogens (tertiary/aromatic N) is 1. The van der Waals surface area contributed by atoms with Crippen molar-refractivity contribution in [1.29, 1.82) is 0 Å². The molecule has 0 atom stereocenters. The molecule has 0 unspecified atom stereocenters. The van der Waals surface area contributed by atoms with Crippen molar-refractivity contribution in [1.82, 2.24) is 4.98 Å². The van der Waals surface area contributed by atoms with Gasteiger partial charge in [-0.2, -0.15) is 0 Å².